The molecule has 1 aliphatic carbocycles. The van der Waals surface area contributed by atoms with Crippen LogP contribution < -0.4 is 10.6 Å². The van der Waals surface area contributed by atoms with Crippen LogP contribution in [0.3, 0.4) is 0 Å². The molecule has 0 saturated heterocycles. The zero-order chi connectivity index (χ0) is 27.0. The number of halogens is 1. The van der Waals surface area contributed by atoms with Gasteiger partial charge in [-0.05, 0) is 49.5 Å². The molecule has 6 rings (SSSR count). The van der Waals surface area contributed by atoms with Gasteiger partial charge in [0.15, 0.2) is 0 Å². The summed E-state index contributed by atoms with van der Waals surface area (Å²) in [7, 11) is -1.77. The molecule has 0 radical (unpaired) electrons. The summed E-state index contributed by atoms with van der Waals surface area (Å²) in [5, 5.41) is 7.98. The molecule has 0 fully saturated rings. The summed E-state index contributed by atoms with van der Waals surface area (Å²) < 4.78 is 28.5. The van der Waals surface area contributed by atoms with Crippen molar-refractivity contribution in [2.75, 3.05) is 18.9 Å². The smallest absolute Gasteiger partial charge is 0.245 e. The molecule has 3 aromatic heterocycles. The summed E-state index contributed by atoms with van der Waals surface area (Å²) >= 11 is 6.59. The number of nitrogens with one attached hydrogen (secondary N) is 3. The number of fused-ring (bicyclic) bond motifs is 2. The molecule has 5 aromatic rings. The molecular weight excluding hydrogens is 532 g/mol. The van der Waals surface area contributed by atoms with E-state index in [0.717, 1.165) is 40.6 Å². The maximum absolute atomic E-state index is 13.6. The van der Waals surface area contributed by atoms with Crippen LogP contribution in [0.25, 0.3) is 33.1 Å². The minimum absolute atomic E-state index is 0.329. The highest BCUT2D eigenvalue weighted by Crippen LogP contribution is 2.36. The van der Waals surface area contributed by atoms with Gasteiger partial charge in [-0.2, -0.15) is 0 Å². The van der Waals surface area contributed by atoms with E-state index in [0.29, 0.717) is 34.2 Å². The van der Waals surface area contributed by atoms with E-state index in [-0.39, 0.29) is 0 Å². The summed E-state index contributed by atoms with van der Waals surface area (Å²) in [4.78, 5) is 12.6. The fraction of sp³-hybridized carbons (Fsp3) is 0.172. The molecule has 1 unspecified atom stereocenters. The fourth-order valence-corrected chi connectivity index (χ4v) is 6.69. The third kappa shape index (κ3) is 4.85. The van der Waals surface area contributed by atoms with Crippen LogP contribution in [-0.4, -0.2) is 46.2 Å². The quantitative estimate of drug-likeness (QED) is 0.222. The zero-order valence-electron chi connectivity index (χ0n) is 21.2. The van der Waals surface area contributed by atoms with Crippen LogP contribution in [0, 0.1) is 0 Å². The van der Waals surface area contributed by atoms with Crippen molar-refractivity contribution in [3.63, 3.8) is 0 Å². The van der Waals surface area contributed by atoms with E-state index in [4.69, 9.17) is 16.6 Å². The Hall–Kier alpha value is -3.92. The molecule has 1 aliphatic rings. The van der Waals surface area contributed by atoms with E-state index in [1.807, 2.05) is 55.6 Å². The normalized spacial score (nSPS) is 15.4. The van der Waals surface area contributed by atoms with Crippen molar-refractivity contribution in [3.8, 4) is 11.3 Å². The monoisotopic (exact) mass is 558 g/mol. The fourth-order valence-electron chi connectivity index (χ4n) is 4.88. The third-order valence-electron chi connectivity index (χ3n) is 6.85. The predicted molar refractivity (Wildman–Crippen MR) is 158 cm³/mol. The SMILES string of the molecule is CNCCc1cc2ccc(Nc3ncc(Cl)c(-c4cn(S(=O)(=O)C5C=CC=CC5)c5ccccc45)n3)cc2[nH]1. The Balaban J connectivity index is 1.37. The number of hydrogen-bond donors (Lipinski definition) is 3. The van der Waals surface area contributed by atoms with Gasteiger partial charge in [0, 0.05) is 40.6 Å². The number of para-hydroxylation sites is 1. The van der Waals surface area contributed by atoms with Crippen molar-refractivity contribution in [3.05, 3.63) is 95.9 Å². The lowest BCUT2D eigenvalue weighted by atomic mass is 10.1. The largest absolute Gasteiger partial charge is 0.358 e. The van der Waals surface area contributed by atoms with E-state index in [2.05, 4.69) is 26.7 Å². The molecule has 0 spiro atoms. The number of rotatable bonds is 8. The summed E-state index contributed by atoms with van der Waals surface area (Å²) in [6, 6.07) is 15.5. The van der Waals surface area contributed by atoms with Crippen LogP contribution in [-0.2, 0) is 16.4 Å². The van der Waals surface area contributed by atoms with Crippen LogP contribution in [0.5, 0.6) is 0 Å². The van der Waals surface area contributed by atoms with Gasteiger partial charge in [-0.3, -0.25) is 0 Å². The molecule has 0 amide bonds. The van der Waals surface area contributed by atoms with E-state index in [1.165, 1.54) is 10.2 Å². The van der Waals surface area contributed by atoms with Gasteiger partial charge in [-0.1, -0.05) is 60.2 Å². The lowest BCUT2D eigenvalue weighted by molar-refractivity contribution is 0.581. The molecular formula is C29H27ClN6O2S. The molecule has 3 N–H and O–H groups in total. The minimum Gasteiger partial charge on any atom is -0.358 e. The lowest BCUT2D eigenvalue weighted by Crippen LogP contribution is -2.25. The second-order valence-corrected chi connectivity index (χ2v) is 11.9. The number of benzene rings is 2. The summed E-state index contributed by atoms with van der Waals surface area (Å²) in [5.74, 6) is 0.357. The first-order valence-electron chi connectivity index (χ1n) is 12.7. The molecule has 39 heavy (non-hydrogen) atoms. The van der Waals surface area contributed by atoms with Crippen molar-refractivity contribution in [1.82, 2.24) is 24.2 Å². The molecule has 3 heterocycles. The Kier molecular flexibility index (Phi) is 6.72. The van der Waals surface area contributed by atoms with Crippen LogP contribution in [0.15, 0.2) is 85.2 Å². The van der Waals surface area contributed by atoms with E-state index < -0.39 is 15.3 Å². The van der Waals surface area contributed by atoms with Gasteiger partial charge in [0.1, 0.15) is 5.25 Å². The number of aromatic amines is 1. The number of aromatic nitrogens is 4. The molecule has 8 nitrogen and oxygen atoms in total. The molecule has 10 heteroatoms. The highest BCUT2D eigenvalue weighted by atomic mass is 35.5. The van der Waals surface area contributed by atoms with Gasteiger partial charge in [-0.15, -0.1) is 0 Å². The summed E-state index contributed by atoms with van der Waals surface area (Å²) in [6.07, 6.45) is 11.7. The second-order valence-electron chi connectivity index (χ2n) is 9.45. The number of anilines is 2. The molecule has 0 aliphatic heterocycles. The molecule has 1 atom stereocenters. The first-order chi connectivity index (χ1) is 18.9. The average molecular weight is 559 g/mol. The Bertz CT molecular complexity index is 1850. The Morgan fingerprint density at radius 2 is 2.03 bits per heavy atom. The van der Waals surface area contributed by atoms with Crippen molar-refractivity contribution in [1.29, 1.82) is 0 Å². The molecule has 0 saturated carbocycles. The van der Waals surface area contributed by atoms with E-state index >= 15 is 0 Å². The van der Waals surface area contributed by atoms with Gasteiger partial charge in [-0.25, -0.2) is 22.4 Å². The minimum atomic E-state index is -3.70. The average Bonchev–Trinajstić information content (AvgIpc) is 3.55. The van der Waals surface area contributed by atoms with Crippen LogP contribution in [0.2, 0.25) is 5.02 Å². The highest BCUT2D eigenvalue weighted by molar-refractivity contribution is 7.90. The van der Waals surface area contributed by atoms with Crippen LogP contribution in [0.4, 0.5) is 11.6 Å². The third-order valence-corrected chi connectivity index (χ3v) is 9.10. The van der Waals surface area contributed by atoms with Crippen molar-refractivity contribution in [2.45, 2.75) is 18.1 Å². The van der Waals surface area contributed by atoms with Gasteiger partial charge < -0.3 is 15.6 Å². The standard InChI is InChI=1S/C29H27ClN6O2S/c1-31-14-13-21-15-19-11-12-20(16-26(19)33-21)34-29-32-17-25(30)28(35-29)24-18-36(27-10-6-5-9-23(24)27)39(37,38)22-7-3-2-4-8-22/h2-7,9-12,15-18,22,31,33H,8,13-14H2,1H3,(H,32,34,35). The topological polar surface area (TPSA) is 105 Å². The van der Waals surface area contributed by atoms with Crippen molar-refractivity contribution < 1.29 is 8.42 Å². The van der Waals surface area contributed by atoms with Gasteiger partial charge in [0.05, 0.1) is 22.4 Å². The molecule has 2 aromatic carbocycles. The zero-order valence-corrected chi connectivity index (χ0v) is 22.8. The molecule has 0 bridgehead atoms. The Morgan fingerprint density at radius 3 is 2.85 bits per heavy atom. The number of hydrogen-bond acceptors (Lipinski definition) is 6. The number of nitrogens with zero attached hydrogens (tertiary/aromatic N) is 3. The number of allylic oxidation sites excluding steroid dienone is 3. The van der Waals surface area contributed by atoms with E-state index in [9.17, 15) is 8.42 Å². The second kappa shape index (κ2) is 10.3. The first kappa shape index (κ1) is 25.4. The van der Waals surface area contributed by atoms with Gasteiger partial charge >= 0.3 is 0 Å². The van der Waals surface area contributed by atoms with Gasteiger partial charge in [0.25, 0.3) is 0 Å². The van der Waals surface area contributed by atoms with E-state index in [1.54, 1.807) is 24.4 Å². The Morgan fingerprint density at radius 1 is 1.15 bits per heavy atom. The predicted octanol–water partition coefficient (Wildman–Crippen LogP) is 5.80. The van der Waals surface area contributed by atoms with Crippen LogP contribution in [0.1, 0.15) is 12.1 Å². The summed E-state index contributed by atoms with van der Waals surface area (Å²) in [5.41, 5.74) is 4.64. The number of H-pyrrole nitrogens is 1. The summed E-state index contributed by atoms with van der Waals surface area (Å²) in [6.45, 7) is 0.894. The maximum atomic E-state index is 13.6. The molecule has 198 valence electrons. The van der Waals surface area contributed by atoms with Gasteiger partial charge in [0.2, 0.25) is 16.0 Å². The van der Waals surface area contributed by atoms with Crippen molar-refractivity contribution >= 4 is 55.1 Å². The Labute approximate surface area is 231 Å². The van der Waals surface area contributed by atoms with Crippen LogP contribution >= 0.6 is 11.6 Å². The first-order valence-corrected chi connectivity index (χ1v) is 14.6. The highest BCUT2D eigenvalue weighted by Gasteiger charge is 2.28. The van der Waals surface area contributed by atoms with Crippen molar-refractivity contribution in [2.24, 2.45) is 0 Å². The lowest BCUT2D eigenvalue weighted by Gasteiger charge is -2.16. The number of likely N-dealkylation sites (N-methyl/N-ethyl adjacent to an activating group) is 1. The maximum Gasteiger partial charge on any atom is 0.245 e.